The van der Waals surface area contributed by atoms with E-state index in [9.17, 15) is 14.0 Å². The van der Waals surface area contributed by atoms with Gasteiger partial charge in [0.2, 0.25) is 5.91 Å². The van der Waals surface area contributed by atoms with Crippen LogP contribution < -0.4 is 10.6 Å². The molecule has 0 aliphatic heterocycles. The number of nitrogens with one attached hydrogen (secondary N) is 2. The van der Waals surface area contributed by atoms with E-state index in [0.717, 1.165) is 5.69 Å². The van der Waals surface area contributed by atoms with Crippen LogP contribution in [0, 0.1) is 5.82 Å². The Morgan fingerprint density at radius 1 is 1.05 bits per heavy atom. The van der Waals surface area contributed by atoms with Crippen LogP contribution in [0.15, 0.2) is 48.7 Å². The number of hydrogen-bond donors (Lipinski definition) is 2. The van der Waals surface area contributed by atoms with Crippen molar-refractivity contribution in [3.63, 3.8) is 0 Å². The zero-order valence-electron chi connectivity index (χ0n) is 11.9. The molecular formula is C16H16FN3O2. The molecule has 0 bridgehead atoms. The van der Waals surface area contributed by atoms with Crippen LogP contribution in [-0.4, -0.2) is 29.9 Å². The lowest BCUT2D eigenvalue weighted by atomic mass is 10.2. The molecule has 2 rings (SSSR count). The summed E-state index contributed by atoms with van der Waals surface area (Å²) in [5, 5.41) is 5.05. The molecule has 114 valence electrons. The number of benzene rings is 1. The van der Waals surface area contributed by atoms with Gasteiger partial charge in [0.05, 0.1) is 12.1 Å². The van der Waals surface area contributed by atoms with Gasteiger partial charge in [-0.3, -0.25) is 14.6 Å². The smallest absolute Gasteiger partial charge is 0.254 e. The highest BCUT2D eigenvalue weighted by atomic mass is 19.1. The number of amides is 2. The van der Waals surface area contributed by atoms with Crippen LogP contribution in [0.4, 0.5) is 4.39 Å². The molecule has 0 aliphatic rings. The monoisotopic (exact) mass is 301 g/mol. The van der Waals surface area contributed by atoms with Gasteiger partial charge in [-0.1, -0.05) is 18.2 Å². The first kappa shape index (κ1) is 15.6. The average molecular weight is 301 g/mol. The van der Waals surface area contributed by atoms with Gasteiger partial charge in [-0.2, -0.15) is 0 Å². The fourth-order valence-electron chi connectivity index (χ4n) is 1.84. The van der Waals surface area contributed by atoms with E-state index in [1.54, 1.807) is 12.3 Å². The van der Waals surface area contributed by atoms with E-state index in [4.69, 9.17) is 0 Å². The zero-order chi connectivity index (χ0) is 15.8. The molecule has 2 aromatic rings. The Kier molecular flexibility index (Phi) is 5.59. The minimum atomic E-state index is -0.615. The molecule has 0 aliphatic carbocycles. The highest BCUT2D eigenvalue weighted by Gasteiger charge is 2.11. The van der Waals surface area contributed by atoms with Gasteiger partial charge < -0.3 is 10.6 Å². The molecule has 2 N–H and O–H groups in total. The molecule has 22 heavy (non-hydrogen) atoms. The number of carbonyl (C=O) groups excluding carboxylic acids is 2. The van der Waals surface area contributed by atoms with E-state index >= 15 is 0 Å². The summed E-state index contributed by atoms with van der Waals surface area (Å²) in [4.78, 5) is 27.5. The third-order valence-electron chi connectivity index (χ3n) is 2.96. The van der Waals surface area contributed by atoms with E-state index < -0.39 is 11.7 Å². The number of nitrogens with zero attached hydrogens (tertiary/aromatic N) is 1. The van der Waals surface area contributed by atoms with Gasteiger partial charge in [0, 0.05) is 24.9 Å². The molecule has 1 heterocycles. The summed E-state index contributed by atoms with van der Waals surface area (Å²) in [6.45, 7) is 0.223. The topological polar surface area (TPSA) is 71.1 Å². The molecule has 1 aromatic heterocycles. The molecule has 0 atom stereocenters. The maximum atomic E-state index is 13.4. The van der Waals surface area contributed by atoms with Gasteiger partial charge in [-0.25, -0.2) is 4.39 Å². The highest BCUT2D eigenvalue weighted by molar-refractivity contribution is 5.96. The third kappa shape index (κ3) is 4.66. The first-order valence-corrected chi connectivity index (χ1v) is 6.86. The third-order valence-corrected chi connectivity index (χ3v) is 2.96. The molecule has 6 heteroatoms. The Balaban J connectivity index is 1.72. The maximum absolute atomic E-state index is 13.4. The number of pyridine rings is 1. The van der Waals surface area contributed by atoms with Crippen LogP contribution in [0.2, 0.25) is 0 Å². The van der Waals surface area contributed by atoms with Gasteiger partial charge in [-0.15, -0.1) is 0 Å². The van der Waals surface area contributed by atoms with Gasteiger partial charge in [0.25, 0.3) is 5.91 Å². The Morgan fingerprint density at radius 3 is 2.55 bits per heavy atom. The Labute approximate surface area is 127 Å². The van der Waals surface area contributed by atoms with Crippen LogP contribution in [0.1, 0.15) is 16.1 Å². The van der Waals surface area contributed by atoms with Crippen molar-refractivity contribution in [2.24, 2.45) is 0 Å². The number of hydrogen-bond acceptors (Lipinski definition) is 3. The van der Waals surface area contributed by atoms with E-state index in [-0.39, 0.29) is 18.0 Å². The first-order valence-electron chi connectivity index (χ1n) is 6.86. The zero-order valence-corrected chi connectivity index (χ0v) is 11.9. The van der Waals surface area contributed by atoms with Crippen molar-refractivity contribution in [1.29, 1.82) is 0 Å². The molecule has 0 unspecified atom stereocenters. The van der Waals surface area contributed by atoms with Crippen molar-refractivity contribution in [1.82, 2.24) is 15.6 Å². The summed E-state index contributed by atoms with van der Waals surface area (Å²) in [7, 11) is 0. The second-order valence-corrected chi connectivity index (χ2v) is 4.58. The Bertz CT molecular complexity index is 647. The van der Waals surface area contributed by atoms with Gasteiger partial charge >= 0.3 is 0 Å². The molecule has 0 spiro atoms. The van der Waals surface area contributed by atoms with Crippen molar-refractivity contribution in [2.75, 3.05) is 13.1 Å². The Morgan fingerprint density at radius 2 is 1.82 bits per heavy atom. The molecular weight excluding hydrogens is 285 g/mol. The first-order chi connectivity index (χ1) is 10.7. The minimum Gasteiger partial charge on any atom is -0.354 e. The second kappa shape index (κ2) is 7.87. The van der Waals surface area contributed by atoms with Gasteiger partial charge in [0.15, 0.2) is 0 Å². The summed E-state index contributed by atoms with van der Waals surface area (Å²) in [6.07, 6.45) is 2.29. The van der Waals surface area contributed by atoms with Crippen LogP contribution in [0.25, 0.3) is 0 Å². The van der Waals surface area contributed by atoms with Crippen LogP contribution in [-0.2, 0) is 11.2 Å². The van der Waals surface area contributed by atoms with E-state index in [0.29, 0.717) is 13.0 Å². The molecule has 5 nitrogen and oxygen atoms in total. The summed E-state index contributed by atoms with van der Waals surface area (Å²) < 4.78 is 13.4. The average Bonchev–Trinajstić information content (AvgIpc) is 2.54. The fourth-order valence-corrected chi connectivity index (χ4v) is 1.84. The van der Waals surface area contributed by atoms with Crippen molar-refractivity contribution in [3.05, 3.63) is 65.7 Å². The van der Waals surface area contributed by atoms with Crippen molar-refractivity contribution in [2.45, 2.75) is 6.42 Å². The number of carbonyl (C=O) groups is 2. The SMILES string of the molecule is O=C(CNC(=O)c1ccccc1F)NCCc1ccccn1. The van der Waals surface area contributed by atoms with Crippen molar-refractivity contribution < 1.29 is 14.0 Å². The lowest BCUT2D eigenvalue weighted by Gasteiger charge is -2.07. The molecule has 0 saturated carbocycles. The fraction of sp³-hybridized carbons (Fsp3) is 0.188. The largest absolute Gasteiger partial charge is 0.354 e. The standard InChI is InChI=1S/C16H16FN3O2/c17-14-7-2-1-6-13(14)16(22)20-11-15(21)19-10-8-12-5-3-4-9-18-12/h1-7,9H,8,10-11H2,(H,19,21)(H,20,22). The summed E-state index contributed by atoms with van der Waals surface area (Å²) in [6, 6.07) is 11.2. The quantitative estimate of drug-likeness (QED) is 0.845. The number of aromatic nitrogens is 1. The van der Waals surface area contributed by atoms with E-state index in [2.05, 4.69) is 15.6 Å². The summed E-state index contributed by atoms with van der Waals surface area (Å²) in [5.41, 5.74) is 0.793. The normalized spacial score (nSPS) is 10.0. The van der Waals surface area contributed by atoms with Crippen molar-refractivity contribution >= 4 is 11.8 Å². The lowest BCUT2D eigenvalue weighted by molar-refractivity contribution is -0.120. The predicted octanol–water partition coefficient (Wildman–Crippen LogP) is 1.31. The highest BCUT2D eigenvalue weighted by Crippen LogP contribution is 2.05. The number of halogens is 1. The van der Waals surface area contributed by atoms with Crippen LogP contribution >= 0.6 is 0 Å². The molecule has 1 aromatic carbocycles. The minimum absolute atomic E-state index is 0.0798. The van der Waals surface area contributed by atoms with E-state index in [1.165, 1.54) is 18.2 Å². The lowest BCUT2D eigenvalue weighted by Crippen LogP contribution is -2.38. The molecule has 0 radical (unpaired) electrons. The Hall–Kier alpha value is -2.76. The van der Waals surface area contributed by atoms with E-state index in [1.807, 2.05) is 18.2 Å². The molecule has 0 saturated heterocycles. The van der Waals surface area contributed by atoms with Gasteiger partial charge in [0.1, 0.15) is 5.82 Å². The molecule has 0 fully saturated rings. The van der Waals surface area contributed by atoms with Crippen molar-refractivity contribution in [3.8, 4) is 0 Å². The number of rotatable bonds is 6. The van der Waals surface area contributed by atoms with Crippen LogP contribution in [0.3, 0.4) is 0 Å². The summed E-state index contributed by atoms with van der Waals surface area (Å²) in [5.74, 6) is -1.56. The second-order valence-electron chi connectivity index (χ2n) is 4.58. The van der Waals surface area contributed by atoms with Gasteiger partial charge in [-0.05, 0) is 24.3 Å². The predicted molar refractivity (Wildman–Crippen MR) is 79.7 cm³/mol. The summed E-state index contributed by atoms with van der Waals surface area (Å²) >= 11 is 0. The maximum Gasteiger partial charge on any atom is 0.254 e. The molecule has 2 amide bonds. The van der Waals surface area contributed by atoms with Crippen LogP contribution in [0.5, 0.6) is 0 Å².